The third kappa shape index (κ3) is 7.84. The molecule has 0 radical (unpaired) electrons. The van der Waals surface area contributed by atoms with Gasteiger partial charge in [-0.25, -0.2) is 0 Å². The zero-order chi connectivity index (χ0) is 21.2. The highest BCUT2D eigenvalue weighted by atomic mass is 79.9. The largest absolute Gasteiger partial charge is 0.483 e. The van der Waals surface area contributed by atoms with Crippen LogP contribution in [0.2, 0.25) is 5.02 Å². The van der Waals surface area contributed by atoms with Crippen LogP contribution >= 0.6 is 39.7 Å². The number of carbonyl (C=O) groups is 2. The fourth-order valence-corrected chi connectivity index (χ4v) is 3.04. The minimum absolute atomic E-state index is 0.0550. The van der Waals surface area contributed by atoms with Crippen LogP contribution in [-0.2, 0) is 16.0 Å². The van der Waals surface area contributed by atoms with Crippen molar-refractivity contribution < 1.29 is 14.3 Å². The third-order valence-corrected chi connectivity index (χ3v) is 4.80. The van der Waals surface area contributed by atoms with Crippen LogP contribution in [-0.4, -0.2) is 23.5 Å². The van der Waals surface area contributed by atoms with E-state index in [-0.39, 0.29) is 11.7 Å². The zero-order valence-electron chi connectivity index (χ0n) is 15.5. The summed E-state index contributed by atoms with van der Waals surface area (Å²) in [5, 5.41) is 2.88. The Kier molecular flexibility index (Phi) is 9.11. The SMILES string of the molecule is CCc1ccc(OCC(=O)NNC(=S)NC(=O)/C=C/c2ccccc2Cl)c(Br)c1. The molecule has 2 rings (SSSR count). The zero-order valence-corrected chi connectivity index (χ0v) is 18.7. The highest BCUT2D eigenvalue weighted by Gasteiger charge is 2.07. The predicted molar refractivity (Wildman–Crippen MR) is 122 cm³/mol. The molecule has 0 aliphatic heterocycles. The Bertz CT molecular complexity index is 937. The maximum absolute atomic E-state index is 11.9. The molecule has 0 unspecified atom stereocenters. The van der Waals surface area contributed by atoms with E-state index in [0.29, 0.717) is 16.3 Å². The van der Waals surface area contributed by atoms with Crippen molar-refractivity contribution in [2.24, 2.45) is 0 Å². The summed E-state index contributed by atoms with van der Waals surface area (Å²) in [6.45, 7) is 1.83. The number of carbonyl (C=O) groups excluding carboxylic acids is 2. The van der Waals surface area contributed by atoms with Gasteiger partial charge in [0.15, 0.2) is 11.7 Å². The number of nitrogens with one attached hydrogen (secondary N) is 3. The molecule has 6 nitrogen and oxygen atoms in total. The molecule has 0 aliphatic carbocycles. The van der Waals surface area contributed by atoms with E-state index < -0.39 is 11.8 Å². The van der Waals surface area contributed by atoms with Crippen LogP contribution in [0.4, 0.5) is 0 Å². The van der Waals surface area contributed by atoms with Crippen molar-refractivity contribution in [1.82, 2.24) is 16.2 Å². The summed E-state index contributed by atoms with van der Waals surface area (Å²) in [4.78, 5) is 23.7. The van der Waals surface area contributed by atoms with Crippen LogP contribution in [0.3, 0.4) is 0 Å². The van der Waals surface area contributed by atoms with Crippen LogP contribution in [0, 0.1) is 0 Å². The van der Waals surface area contributed by atoms with Crippen molar-refractivity contribution >= 4 is 62.8 Å². The number of ether oxygens (including phenoxy) is 1. The molecule has 0 saturated carbocycles. The van der Waals surface area contributed by atoms with Crippen molar-refractivity contribution in [2.75, 3.05) is 6.61 Å². The highest BCUT2D eigenvalue weighted by Crippen LogP contribution is 2.26. The Balaban J connectivity index is 1.73. The quantitative estimate of drug-likeness (QED) is 0.322. The number of halogens is 2. The minimum Gasteiger partial charge on any atom is -0.483 e. The molecule has 2 aromatic carbocycles. The molecule has 0 bridgehead atoms. The monoisotopic (exact) mass is 495 g/mol. The fraction of sp³-hybridized carbons (Fsp3) is 0.150. The van der Waals surface area contributed by atoms with Crippen LogP contribution in [0.15, 0.2) is 53.0 Å². The van der Waals surface area contributed by atoms with Gasteiger partial charge in [-0.2, -0.15) is 0 Å². The summed E-state index contributed by atoms with van der Waals surface area (Å²) in [5.41, 5.74) is 6.65. The Morgan fingerprint density at radius 1 is 1.21 bits per heavy atom. The normalized spacial score (nSPS) is 10.4. The number of hydrogen-bond donors (Lipinski definition) is 3. The van der Waals surface area contributed by atoms with E-state index in [2.05, 4.69) is 39.0 Å². The molecule has 0 atom stereocenters. The van der Waals surface area contributed by atoms with Gasteiger partial charge in [0.25, 0.3) is 5.91 Å². The molecular weight excluding hydrogens is 478 g/mol. The van der Waals surface area contributed by atoms with Gasteiger partial charge < -0.3 is 4.74 Å². The van der Waals surface area contributed by atoms with Gasteiger partial charge in [0.2, 0.25) is 5.91 Å². The van der Waals surface area contributed by atoms with E-state index in [9.17, 15) is 9.59 Å². The van der Waals surface area contributed by atoms with E-state index in [4.69, 9.17) is 28.6 Å². The maximum atomic E-state index is 11.9. The first-order chi connectivity index (χ1) is 13.9. The lowest BCUT2D eigenvalue weighted by Gasteiger charge is -2.11. The van der Waals surface area contributed by atoms with Crippen molar-refractivity contribution in [3.05, 3.63) is 69.2 Å². The average molecular weight is 497 g/mol. The second kappa shape index (κ2) is 11.5. The van der Waals surface area contributed by atoms with E-state index in [1.165, 1.54) is 6.08 Å². The summed E-state index contributed by atoms with van der Waals surface area (Å²) in [6.07, 6.45) is 3.76. The number of aryl methyl sites for hydroxylation is 1. The molecule has 0 heterocycles. The van der Waals surface area contributed by atoms with Gasteiger partial charge >= 0.3 is 0 Å². The molecule has 2 amide bonds. The summed E-state index contributed by atoms with van der Waals surface area (Å²) in [6, 6.07) is 12.8. The number of benzene rings is 2. The molecule has 0 fully saturated rings. The molecule has 2 aromatic rings. The van der Waals surface area contributed by atoms with Gasteiger partial charge in [-0.15, -0.1) is 0 Å². The second-order valence-corrected chi connectivity index (χ2v) is 7.42. The van der Waals surface area contributed by atoms with Gasteiger partial charge in [0, 0.05) is 11.1 Å². The standard InChI is InChI=1S/C20H19BrClN3O3S/c1-2-13-7-9-17(15(21)11-13)28-12-19(27)24-25-20(29)23-18(26)10-8-14-5-3-4-6-16(14)22/h3-11H,2,12H2,1H3,(H,24,27)(H2,23,25,26,29)/b10-8+. The molecule has 0 aliphatic rings. The summed E-state index contributed by atoms with van der Waals surface area (Å²) in [7, 11) is 0. The van der Waals surface area contributed by atoms with Crippen LogP contribution in [0.5, 0.6) is 5.75 Å². The summed E-state index contributed by atoms with van der Waals surface area (Å²) < 4.78 is 6.23. The van der Waals surface area contributed by atoms with Gasteiger partial charge in [-0.1, -0.05) is 42.8 Å². The third-order valence-electron chi connectivity index (χ3n) is 3.63. The van der Waals surface area contributed by atoms with E-state index in [1.54, 1.807) is 30.3 Å². The topological polar surface area (TPSA) is 79.5 Å². The van der Waals surface area contributed by atoms with Crippen molar-refractivity contribution in [3.8, 4) is 5.75 Å². The highest BCUT2D eigenvalue weighted by molar-refractivity contribution is 9.10. The number of amides is 2. The first kappa shape index (κ1) is 22.9. The summed E-state index contributed by atoms with van der Waals surface area (Å²) >= 11 is 14.4. The summed E-state index contributed by atoms with van der Waals surface area (Å²) in [5.74, 6) is -0.370. The first-order valence-corrected chi connectivity index (χ1v) is 10.2. The Hall–Kier alpha value is -2.42. The number of hydrogen-bond acceptors (Lipinski definition) is 4. The Morgan fingerprint density at radius 2 is 1.97 bits per heavy atom. The Morgan fingerprint density at radius 3 is 2.66 bits per heavy atom. The average Bonchev–Trinajstić information content (AvgIpc) is 2.70. The molecular formula is C20H19BrClN3O3S. The van der Waals surface area contributed by atoms with Crippen molar-refractivity contribution in [1.29, 1.82) is 0 Å². The second-order valence-electron chi connectivity index (χ2n) is 5.75. The maximum Gasteiger partial charge on any atom is 0.276 e. The smallest absolute Gasteiger partial charge is 0.276 e. The first-order valence-electron chi connectivity index (χ1n) is 8.62. The van der Waals surface area contributed by atoms with Crippen LogP contribution in [0.1, 0.15) is 18.1 Å². The molecule has 0 saturated heterocycles. The van der Waals surface area contributed by atoms with E-state index in [1.807, 2.05) is 18.2 Å². The van der Waals surface area contributed by atoms with E-state index >= 15 is 0 Å². The van der Waals surface area contributed by atoms with Crippen molar-refractivity contribution in [3.63, 3.8) is 0 Å². The van der Waals surface area contributed by atoms with Crippen LogP contribution in [0.25, 0.3) is 6.08 Å². The van der Waals surface area contributed by atoms with Gasteiger partial charge in [0.1, 0.15) is 5.75 Å². The lowest BCUT2D eigenvalue weighted by atomic mass is 10.2. The molecule has 3 N–H and O–H groups in total. The molecule has 9 heteroatoms. The van der Waals surface area contributed by atoms with Gasteiger partial charge in [0.05, 0.1) is 4.47 Å². The van der Waals surface area contributed by atoms with Crippen LogP contribution < -0.4 is 20.9 Å². The Labute approximate surface area is 187 Å². The van der Waals surface area contributed by atoms with E-state index in [0.717, 1.165) is 16.5 Å². The fourth-order valence-electron chi connectivity index (χ4n) is 2.15. The lowest BCUT2D eigenvalue weighted by molar-refractivity contribution is -0.123. The lowest BCUT2D eigenvalue weighted by Crippen LogP contribution is -2.49. The molecule has 152 valence electrons. The molecule has 0 aromatic heterocycles. The number of hydrazine groups is 1. The van der Waals surface area contributed by atoms with Crippen molar-refractivity contribution in [2.45, 2.75) is 13.3 Å². The number of thiocarbonyl (C=S) groups is 1. The molecule has 0 spiro atoms. The molecule has 29 heavy (non-hydrogen) atoms. The number of rotatable bonds is 6. The minimum atomic E-state index is -0.465. The van der Waals surface area contributed by atoms with Gasteiger partial charge in [-0.3, -0.25) is 25.8 Å². The van der Waals surface area contributed by atoms with Gasteiger partial charge in [-0.05, 0) is 70.0 Å². The predicted octanol–water partition coefficient (Wildman–Crippen LogP) is 3.78.